The van der Waals surface area contributed by atoms with Crippen LogP contribution in [0.4, 0.5) is 0 Å². The molecule has 0 unspecified atom stereocenters. The van der Waals surface area contributed by atoms with Gasteiger partial charge in [0.15, 0.2) is 23.0 Å². The van der Waals surface area contributed by atoms with Gasteiger partial charge >= 0.3 is 0 Å². The van der Waals surface area contributed by atoms with E-state index in [1.165, 1.54) is 5.56 Å². The summed E-state index contributed by atoms with van der Waals surface area (Å²) in [4.78, 5) is 18.7. The van der Waals surface area contributed by atoms with Crippen LogP contribution in [-0.2, 0) is 0 Å². The molecule has 3 aromatic rings. The van der Waals surface area contributed by atoms with Crippen LogP contribution in [0.3, 0.4) is 0 Å². The Morgan fingerprint density at radius 2 is 1.79 bits per heavy atom. The summed E-state index contributed by atoms with van der Waals surface area (Å²) in [5.41, 5.74) is 2.41. The Labute approximate surface area is 161 Å². The fourth-order valence-electron chi connectivity index (χ4n) is 3.78. The molecule has 142 valence electrons. The van der Waals surface area contributed by atoms with Crippen LogP contribution in [0.5, 0.6) is 11.5 Å². The maximum Gasteiger partial charge on any atom is 0.276 e. The van der Waals surface area contributed by atoms with Crippen molar-refractivity contribution in [3.8, 4) is 22.8 Å². The second-order valence-electron chi connectivity index (χ2n) is 6.99. The van der Waals surface area contributed by atoms with Crippen molar-refractivity contribution in [2.75, 3.05) is 19.9 Å². The standard InChI is InChI=1S/C21H19N3O4/c25-21(24-9-5-15(6-10-24)14-3-7-22-8-4-14)17-12-19(28-23-17)16-1-2-18-20(11-16)27-13-26-18/h1-4,7-8,11-12,15H,5-6,9-10,13H2. The number of ether oxygens (including phenoxy) is 2. The molecule has 1 amide bonds. The lowest BCUT2D eigenvalue weighted by Crippen LogP contribution is -2.38. The summed E-state index contributed by atoms with van der Waals surface area (Å²) in [6.07, 6.45) is 5.51. The maximum absolute atomic E-state index is 12.8. The molecular formula is C21H19N3O4. The smallest absolute Gasteiger partial charge is 0.276 e. The molecular weight excluding hydrogens is 358 g/mol. The van der Waals surface area contributed by atoms with Gasteiger partial charge in [0.2, 0.25) is 6.79 Å². The van der Waals surface area contributed by atoms with Gasteiger partial charge in [0.1, 0.15) is 0 Å². The third-order valence-electron chi connectivity index (χ3n) is 5.35. The van der Waals surface area contributed by atoms with Gasteiger partial charge in [0.25, 0.3) is 5.91 Å². The molecule has 28 heavy (non-hydrogen) atoms. The van der Waals surface area contributed by atoms with Gasteiger partial charge in [-0.1, -0.05) is 5.16 Å². The van der Waals surface area contributed by atoms with Gasteiger partial charge in [0.05, 0.1) is 0 Å². The maximum atomic E-state index is 12.8. The first kappa shape index (κ1) is 16.8. The quantitative estimate of drug-likeness (QED) is 0.695. The Morgan fingerprint density at radius 3 is 2.61 bits per heavy atom. The number of amides is 1. The minimum Gasteiger partial charge on any atom is -0.454 e. The molecule has 0 saturated carbocycles. The van der Waals surface area contributed by atoms with Crippen molar-refractivity contribution in [1.82, 2.24) is 15.0 Å². The van der Waals surface area contributed by atoms with E-state index >= 15 is 0 Å². The second-order valence-corrected chi connectivity index (χ2v) is 6.99. The van der Waals surface area contributed by atoms with Gasteiger partial charge in [-0.2, -0.15) is 0 Å². The predicted molar refractivity (Wildman–Crippen MR) is 100 cm³/mol. The zero-order valence-electron chi connectivity index (χ0n) is 15.2. The van der Waals surface area contributed by atoms with Crippen molar-refractivity contribution < 1.29 is 18.8 Å². The van der Waals surface area contributed by atoms with E-state index in [0.717, 1.165) is 18.4 Å². The van der Waals surface area contributed by atoms with E-state index < -0.39 is 0 Å². The van der Waals surface area contributed by atoms with Gasteiger partial charge in [0, 0.05) is 37.1 Å². The van der Waals surface area contributed by atoms with Crippen LogP contribution in [0.25, 0.3) is 11.3 Å². The van der Waals surface area contributed by atoms with E-state index in [1.807, 2.05) is 35.5 Å². The minimum atomic E-state index is -0.0936. The van der Waals surface area contributed by atoms with Crippen molar-refractivity contribution in [2.45, 2.75) is 18.8 Å². The topological polar surface area (TPSA) is 77.7 Å². The Balaban J connectivity index is 1.27. The molecule has 2 aliphatic heterocycles. The molecule has 0 spiro atoms. The molecule has 7 heteroatoms. The van der Waals surface area contributed by atoms with Crippen LogP contribution in [0.2, 0.25) is 0 Å². The van der Waals surface area contributed by atoms with Crippen molar-refractivity contribution in [3.63, 3.8) is 0 Å². The van der Waals surface area contributed by atoms with Gasteiger partial charge in [-0.25, -0.2) is 0 Å². The first-order chi connectivity index (χ1) is 13.8. The molecule has 2 aliphatic rings. The molecule has 1 fully saturated rings. The van der Waals surface area contributed by atoms with Gasteiger partial charge in [-0.3, -0.25) is 9.78 Å². The Hall–Kier alpha value is -3.35. The van der Waals surface area contributed by atoms with E-state index in [0.29, 0.717) is 42.0 Å². The first-order valence-corrected chi connectivity index (χ1v) is 9.34. The molecule has 5 rings (SSSR count). The lowest BCUT2D eigenvalue weighted by atomic mass is 9.90. The van der Waals surface area contributed by atoms with Crippen molar-refractivity contribution in [2.24, 2.45) is 0 Å². The number of nitrogens with zero attached hydrogens (tertiary/aromatic N) is 3. The summed E-state index contributed by atoms with van der Waals surface area (Å²) >= 11 is 0. The number of likely N-dealkylation sites (tertiary alicyclic amines) is 1. The number of rotatable bonds is 3. The van der Waals surface area contributed by atoms with Crippen LogP contribution in [0.1, 0.15) is 34.8 Å². The normalized spacial score (nSPS) is 16.4. The number of hydrogen-bond acceptors (Lipinski definition) is 6. The van der Waals surface area contributed by atoms with Crippen LogP contribution in [0, 0.1) is 0 Å². The number of fused-ring (bicyclic) bond motifs is 1. The molecule has 0 radical (unpaired) electrons. The monoisotopic (exact) mass is 377 g/mol. The summed E-state index contributed by atoms with van der Waals surface area (Å²) in [5, 5.41) is 3.99. The predicted octanol–water partition coefficient (Wildman–Crippen LogP) is 3.49. The summed E-state index contributed by atoms with van der Waals surface area (Å²) in [6, 6.07) is 11.3. The van der Waals surface area contributed by atoms with E-state index in [9.17, 15) is 4.79 Å². The van der Waals surface area contributed by atoms with Crippen LogP contribution in [0.15, 0.2) is 53.3 Å². The second kappa shape index (κ2) is 6.99. The van der Waals surface area contributed by atoms with E-state index in [-0.39, 0.29) is 12.7 Å². The molecule has 4 heterocycles. The highest BCUT2D eigenvalue weighted by Gasteiger charge is 2.27. The average Bonchev–Trinajstić information content (AvgIpc) is 3.43. The zero-order chi connectivity index (χ0) is 18.9. The molecule has 0 atom stereocenters. The van der Waals surface area contributed by atoms with Crippen LogP contribution < -0.4 is 9.47 Å². The Morgan fingerprint density at radius 1 is 1.00 bits per heavy atom. The molecule has 1 aromatic carbocycles. The van der Waals surface area contributed by atoms with Gasteiger partial charge in [-0.15, -0.1) is 0 Å². The fraction of sp³-hybridized carbons (Fsp3) is 0.286. The third kappa shape index (κ3) is 3.09. The minimum absolute atomic E-state index is 0.0936. The van der Waals surface area contributed by atoms with E-state index in [4.69, 9.17) is 14.0 Å². The highest BCUT2D eigenvalue weighted by Crippen LogP contribution is 2.36. The molecule has 7 nitrogen and oxygen atoms in total. The van der Waals surface area contributed by atoms with Crippen LogP contribution in [-0.4, -0.2) is 40.8 Å². The number of carbonyl (C=O) groups is 1. The summed E-state index contributed by atoms with van der Waals surface area (Å²) < 4.78 is 16.1. The Kier molecular flexibility index (Phi) is 4.20. The lowest BCUT2D eigenvalue weighted by Gasteiger charge is -2.31. The molecule has 1 saturated heterocycles. The van der Waals surface area contributed by atoms with Gasteiger partial charge in [-0.05, 0) is 54.7 Å². The number of aromatic nitrogens is 2. The Bertz CT molecular complexity index is 994. The zero-order valence-corrected chi connectivity index (χ0v) is 15.2. The van der Waals surface area contributed by atoms with E-state index in [1.54, 1.807) is 6.07 Å². The number of benzene rings is 1. The lowest BCUT2D eigenvalue weighted by molar-refractivity contribution is 0.0702. The number of pyridine rings is 1. The SMILES string of the molecule is O=C(c1cc(-c2ccc3c(c2)OCO3)on1)N1CCC(c2ccncc2)CC1. The molecule has 0 N–H and O–H groups in total. The highest BCUT2D eigenvalue weighted by molar-refractivity contribution is 5.93. The van der Waals surface area contributed by atoms with Gasteiger partial charge < -0.3 is 18.9 Å². The first-order valence-electron chi connectivity index (χ1n) is 9.34. The summed E-state index contributed by atoms with van der Waals surface area (Å²) in [5.74, 6) is 2.28. The number of piperidine rings is 1. The van der Waals surface area contributed by atoms with E-state index in [2.05, 4.69) is 22.3 Å². The summed E-state index contributed by atoms with van der Waals surface area (Å²) in [7, 11) is 0. The largest absolute Gasteiger partial charge is 0.454 e. The summed E-state index contributed by atoms with van der Waals surface area (Å²) in [6.45, 7) is 1.63. The van der Waals surface area contributed by atoms with Crippen LogP contribution >= 0.6 is 0 Å². The third-order valence-corrected chi connectivity index (χ3v) is 5.35. The van der Waals surface area contributed by atoms with Crippen molar-refractivity contribution in [1.29, 1.82) is 0 Å². The fourth-order valence-corrected chi connectivity index (χ4v) is 3.78. The van der Waals surface area contributed by atoms with Crippen molar-refractivity contribution in [3.05, 3.63) is 60.0 Å². The average molecular weight is 377 g/mol. The molecule has 2 aromatic heterocycles. The number of hydrogen-bond donors (Lipinski definition) is 0. The number of carbonyl (C=O) groups excluding carboxylic acids is 1. The highest BCUT2D eigenvalue weighted by atomic mass is 16.7. The van der Waals surface area contributed by atoms with Crippen molar-refractivity contribution >= 4 is 5.91 Å². The molecule has 0 aliphatic carbocycles. The molecule has 0 bridgehead atoms.